The Morgan fingerprint density at radius 1 is 1.18 bits per heavy atom. The highest BCUT2D eigenvalue weighted by molar-refractivity contribution is 5.46. The second kappa shape index (κ2) is 7.98. The molecule has 1 fully saturated rings. The third kappa shape index (κ3) is 3.71. The number of hydrogen-bond donors (Lipinski definition) is 1. The van der Waals surface area contributed by atoms with E-state index in [1.807, 2.05) is 37.0 Å². The Morgan fingerprint density at radius 3 is 2.75 bits per heavy atom. The standard InChI is InChI=1S/C21H26N6O/c1-15-18(16(2)26(3)25-15)13-23-21-22-10-9-20(24-21)27-11-12-28-14-19(27)17-7-5-4-6-8-17/h4-10,19H,11-14H2,1-3H3,(H,22,23,24). The average Bonchev–Trinajstić information content (AvgIpc) is 2.98. The molecule has 0 spiro atoms. The van der Waals surface area contributed by atoms with Crippen LogP contribution in [-0.2, 0) is 18.3 Å². The highest BCUT2D eigenvalue weighted by Gasteiger charge is 2.26. The smallest absolute Gasteiger partial charge is 0.224 e. The SMILES string of the molecule is Cc1nn(C)c(C)c1CNc1nccc(N2CCOCC2c2ccccc2)n1. The number of aryl methyl sites for hydroxylation is 2. The monoisotopic (exact) mass is 378 g/mol. The predicted octanol–water partition coefficient (Wildman–Crippen LogP) is 3.02. The molecule has 0 amide bonds. The molecular formula is C21H26N6O. The van der Waals surface area contributed by atoms with Gasteiger partial charge in [0.1, 0.15) is 5.82 Å². The number of rotatable bonds is 5. The highest BCUT2D eigenvalue weighted by Crippen LogP contribution is 2.28. The van der Waals surface area contributed by atoms with Gasteiger partial charge in [0, 0.05) is 37.6 Å². The van der Waals surface area contributed by atoms with Crippen LogP contribution in [0, 0.1) is 13.8 Å². The van der Waals surface area contributed by atoms with Gasteiger partial charge in [0.15, 0.2) is 0 Å². The normalized spacial score (nSPS) is 17.0. The van der Waals surface area contributed by atoms with E-state index in [1.165, 1.54) is 11.1 Å². The summed E-state index contributed by atoms with van der Waals surface area (Å²) >= 11 is 0. The number of nitrogens with zero attached hydrogens (tertiary/aromatic N) is 5. The predicted molar refractivity (Wildman–Crippen MR) is 109 cm³/mol. The summed E-state index contributed by atoms with van der Waals surface area (Å²) in [7, 11) is 1.96. The molecule has 2 aromatic heterocycles. The Balaban J connectivity index is 1.54. The third-order valence-corrected chi connectivity index (χ3v) is 5.33. The minimum atomic E-state index is 0.153. The van der Waals surface area contributed by atoms with E-state index < -0.39 is 0 Å². The molecule has 4 rings (SSSR count). The Morgan fingerprint density at radius 2 is 2.00 bits per heavy atom. The van der Waals surface area contributed by atoms with Crippen LogP contribution in [0.4, 0.5) is 11.8 Å². The quantitative estimate of drug-likeness (QED) is 0.736. The molecule has 3 aromatic rings. The van der Waals surface area contributed by atoms with Crippen molar-refractivity contribution >= 4 is 11.8 Å². The molecule has 0 radical (unpaired) electrons. The largest absolute Gasteiger partial charge is 0.377 e. The molecule has 1 aromatic carbocycles. The number of ether oxygens (including phenoxy) is 1. The van der Waals surface area contributed by atoms with E-state index in [2.05, 4.69) is 51.5 Å². The molecule has 28 heavy (non-hydrogen) atoms. The van der Waals surface area contributed by atoms with Gasteiger partial charge in [0.25, 0.3) is 0 Å². The van der Waals surface area contributed by atoms with Gasteiger partial charge in [-0.2, -0.15) is 10.1 Å². The lowest BCUT2D eigenvalue weighted by atomic mass is 10.1. The summed E-state index contributed by atoms with van der Waals surface area (Å²) in [5.74, 6) is 1.53. The maximum atomic E-state index is 5.74. The van der Waals surface area contributed by atoms with Crippen molar-refractivity contribution in [2.45, 2.75) is 26.4 Å². The molecule has 7 heteroatoms. The van der Waals surface area contributed by atoms with Crippen molar-refractivity contribution in [2.24, 2.45) is 7.05 Å². The zero-order valence-electron chi connectivity index (χ0n) is 16.6. The summed E-state index contributed by atoms with van der Waals surface area (Å²) in [6.45, 7) is 6.91. The second-order valence-electron chi connectivity index (χ2n) is 7.06. The van der Waals surface area contributed by atoms with Gasteiger partial charge in [-0.05, 0) is 25.5 Å². The fourth-order valence-electron chi connectivity index (χ4n) is 3.66. The van der Waals surface area contributed by atoms with Crippen LogP contribution in [0.25, 0.3) is 0 Å². The topological polar surface area (TPSA) is 68.1 Å². The molecule has 1 atom stereocenters. The fourth-order valence-corrected chi connectivity index (χ4v) is 3.66. The van der Waals surface area contributed by atoms with Gasteiger partial charge in [0.05, 0.1) is 24.9 Å². The number of anilines is 2. The third-order valence-electron chi connectivity index (χ3n) is 5.33. The lowest BCUT2D eigenvalue weighted by Gasteiger charge is -2.36. The number of benzene rings is 1. The lowest BCUT2D eigenvalue weighted by Crippen LogP contribution is -2.40. The van der Waals surface area contributed by atoms with E-state index in [-0.39, 0.29) is 6.04 Å². The van der Waals surface area contributed by atoms with E-state index in [0.717, 1.165) is 23.8 Å². The van der Waals surface area contributed by atoms with Crippen molar-refractivity contribution in [3.05, 3.63) is 65.1 Å². The Bertz CT molecular complexity index is 939. The van der Waals surface area contributed by atoms with Crippen LogP contribution in [0.5, 0.6) is 0 Å². The Kier molecular flexibility index (Phi) is 5.25. The summed E-state index contributed by atoms with van der Waals surface area (Å²) in [4.78, 5) is 11.5. The van der Waals surface area contributed by atoms with Gasteiger partial charge < -0.3 is 15.0 Å². The van der Waals surface area contributed by atoms with Crippen LogP contribution in [0.2, 0.25) is 0 Å². The summed E-state index contributed by atoms with van der Waals surface area (Å²) < 4.78 is 7.65. The van der Waals surface area contributed by atoms with Crippen molar-refractivity contribution in [2.75, 3.05) is 30.0 Å². The molecule has 1 aliphatic rings. The summed E-state index contributed by atoms with van der Waals surface area (Å²) in [5, 5.41) is 7.83. The van der Waals surface area contributed by atoms with Gasteiger partial charge >= 0.3 is 0 Å². The molecule has 7 nitrogen and oxygen atoms in total. The van der Waals surface area contributed by atoms with Crippen molar-refractivity contribution in [1.82, 2.24) is 19.7 Å². The summed E-state index contributed by atoms with van der Waals surface area (Å²) in [5.41, 5.74) is 4.60. The highest BCUT2D eigenvalue weighted by atomic mass is 16.5. The Hall–Kier alpha value is -2.93. The molecule has 0 aliphatic carbocycles. The minimum Gasteiger partial charge on any atom is -0.377 e. The van der Waals surface area contributed by atoms with Crippen LogP contribution in [0.3, 0.4) is 0 Å². The van der Waals surface area contributed by atoms with Crippen LogP contribution in [-0.4, -0.2) is 39.5 Å². The lowest BCUT2D eigenvalue weighted by molar-refractivity contribution is 0.0937. The molecule has 0 bridgehead atoms. The van der Waals surface area contributed by atoms with E-state index >= 15 is 0 Å². The van der Waals surface area contributed by atoms with Crippen LogP contribution >= 0.6 is 0 Å². The van der Waals surface area contributed by atoms with Gasteiger partial charge in [-0.15, -0.1) is 0 Å². The van der Waals surface area contributed by atoms with Gasteiger partial charge in [-0.25, -0.2) is 4.98 Å². The maximum Gasteiger partial charge on any atom is 0.224 e. The molecule has 146 valence electrons. The average molecular weight is 378 g/mol. The fraction of sp³-hybridized carbons (Fsp3) is 0.381. The van der Waals surface area contributed by atoms with Crippen molar-refractivity contribution in [3.63, 3.8) is 0 Å². The summed E-state index contributed by atoms with van der Waals surface area (Å²) in [6, 6.07) is 12.6. The molecule has 3 heterocycles. The van der Waals surface area contributed by atoms with E-state index in [0.29, 0.717) is 25.7 Å². The first-order valence-corrected chi connectivity index (χ1v) is 9.59. The molecule has 1 aliphatic heterocycles. The van der Waals surface area contributed by atoms with Crippen LogP contribution < -0.4 is 10.2 Å². The van der Waals surface area contributed by atoms with Gasteiger partial charge in [0.2, 0.25) is 5.95 Å². The zero-order valence-corrected chi connectivity index (χ0v) is 16.6. The molecule has 1 saturated heterocycles. The maximum absolute atomic E-state index is 5.74. The molecule has 1 N–H and O–H groups in total. The van der Waals surface area contributed by atoms with E-state index in [1.54, 1.807) is 0 Å². The number of morpholine rings is 1. The number of hydrogen-bond acceptors (Lipinski definition) is 6. The van der Waals surface area contributed by atoms with E-state index in [4.69, 9.17) is 9.72 Å². The molecule has 0 saturated carbocycles. The zero-order chi connectivity index (χ0) is 19.5. The number of nitrogens with one attached hydrogen (secondary N) is 1. The van der Waals surface area contributed by atoms with Gasteiger partial charge in [-0.1, -0.05) is 30.3 Å². The van der Waals surface area contributed by atoms with Crippen molar-refractivity contribution < 1.29 is 4.74 Å². The molecular weight excluding hydrogens is 352 g/mol. The van der Waals surface area contributed by atoms with Crippen molar-refractivity contribution in [1.29, 1.82) is 0 Å². The minimum absolute atomic E-state index is 0.153. The molecule has 1 unspecified atom stereocenters. The first kappa shape index (κ1) is 18.4. The van der Waals surface area contributed by atoms with Crippen molar-refractivity contribution in [3.8, 4) is 0 Å². The van der Waals surface area contributed by atoms with E-state index in [9.17, 15) is 0 Å². The van der Waals surface area contributed by atoms with Gasteiger partial charge in [-0.3, -0.25) is 4.68 Å². The number of aromatic nitrogens is 4. The second-order valence-corrected chi connectivity index (χ2v) is 7.06. The first-order chi connectivity index (χ1) is 13.6. The Labute approximate surface area is 165 Å². The first-order valence-electron chi connectivity index (χ1n) is 9.59. The van der Waals surface area contributed by atoms with Crippen LogP contribution in [0.1, 0.15) is 28.6 Å². The summed E-state index contributed by atoms with van der Waals surface area (Å²) in [6.07, 6.45) is 1.81. The van der Waals surface area contributed by atoms with Crippen LogP contribution in [0.15, 0.2) is 42.6 Å².